The van der Waals surface area contributed by atoms with Crippen LogP contribution < -0.4 is 10.7 Å². The van der Waals surface area contributed by atoms with Gasteiger partial charge in [0.25, 0.3) is 5.91 Å². The fourth-order valence-electron chi connectivity index (χ4n) is 2.38. The van der Waals surface area contributed by atoms with E-state index in [0.717, 1.165) is 25.3 Å². The normalized spacial score (nSPS) is 20.9. The summed E-state index contributed by atoms with van der Waals surface area (Å²) in [7, 11) is 4.13. The van der Waals surface area contributed by atoms with Gasteiger partial charge in [0.05, 0.1) is 0 Å². The summed E-state index contributed by atoms with van der Waals surface area (Å²) in [6.07, 6.45) is 1.48. The molecule has 1 amide bonds. The average molecular weight is 278 g/mol. The van der Waals surface area contributed by atoms with Crippen molar-refractivity contribution in [1.82, 2.24) is 20.1 Å². The highest BCUT2D eigenvalue weighted by atomic mass is 16.2. The van der Waals surface area contributed by atoms with Crippen molar-refractivity contribution in [1.29, 1.82) is 0 Å². The molecular formula is C14H22N4O2. The van der Waals surface area contributed by atoms with E-state index in [0.29, 0.717) is 6.54 Å². The lowest BCUT2D eigenvalue weighted by Gasteiger charge is -2.37. The van der Waals surface area contributed by atoms with Gasteiger partial charge in [-0.25, -0.2) is 0 Å². The average Bonchev–Trinajstić information content (AvgIpc) is 2.39. The molecule has 0 saturated carbocycles. The topological polar surface area (TPSA) is 68.4 Å². The molecule has 2 heterocycles. The largest absolute Gasteiger partial charge is 0.364 e. The summed E-state index contributed by atoms with van der Waals surface area (Å²) in [4.78, 5) is 31.2. The highest BCUT2D eigenvalue weighted by Crippen LogP contribution is 2.05. The van der Waals surface area contributed by atoms with Crippen molar-refractivity contribution >= 4 is 5.91 Å². The molecule has 1 saturated heterocycles. The van der Waals surface area contributed by atoms with E-state index in [4.69, 9.17) is 0 Å². The Morgan fingerprint density at radius 1 is 1.45 bits per heavy atom. The second-order valence-corrected chi connectivity index (χ2v) is 5.50. The number of aromatic amines is 1. The van der Waals surface area contributed by atoms with E-state index < -0.39 is 0 Å². The second-order valence-electron chi connectivity index (χ2n) is 5.50. The predicted octanol–water partition coefficient (Wildman–Crippen LogP) is -0.341. The number of hydrogen-bond acceptors (Lipinski definition) is 4. The minimum atomic E-state index is -0.312. The van der Waals surface area contributed by atoms with Gasteiger partial charge < -0.3 is 15.2 Å². The fourth-order valence-corrected chi connectivity index (χ4v) is 2.38. The van der Waals surface area contributed by atoms with Crippen LogP contribution in [0.25, 0.3) is 0 Å². The predicted molar refractivity (Wildman–Crippen MR) is 78.0 cm³/mol. The zero-order valence-corrected chi connectivity index (χ0v) is 12.3. The molecule has 1 aromatic heterocycles. The number of carbonyl (C=O) groups excluding carboxylic acids is 1. The van der Waals surface area contributed by atoms with Crippen molar-refractivity contribution in [3.63, 3.8) is 0 Å². The minimum Gasteiger partial charge on any atom is -0.364 e. The lowest BCUT2D eigenvalue weighted by molar-refractivity contribution is 0.0880. The second kappa shape index (κ2) is 6.19. The lowest BCUT2D eigenvalue weighted by atomic mass is 10.1. The van der Waals surface area contributed by atoms with Gasteiger partial charge in [-0.15, -0.1) is 0 Å². The van der Waals surface area contributed by atoms with E-state index >= 15 is 0 Å². The molecular weight excluding hydrogens is 256 g/mol. The van der Waals surface area contributed by atoms with E-state index in [9.17, 15) is 9.59 Å². The Labute approximate surface area is 118 Å². The summed E-state index contributed by atoms with van der Waals surface area (Å²) < 4.78 is 0. The number of aromatic nitrogens is 1. The van der Waals surface area contributed by atoms with Gasteiger partial charge in [-0.05, 0) is 21.0 Å². The van der Waals surface area contributed by atoms with Crippen molar-refractivity contribution in [2.24, 2.45) is 0 Å². The highest BCUT2D eigenvalue weighted by molar-refractivity contribution is 5.93. The molecule has 1 atom stereocenters. The number of hydrogen-bond donors (Lipinski definition) is 2. The number of rotatable bonds is 3. The summed E-state index contributed by atoms with van der Waals surface area (Å²) in [5, 5.41) is 2.85. The SMILES string of the molecule is Cc1cc(=O)c(C(=O)NCC2CN(C)CCN2C)c[nH]1. The Balaban J connectivity index is 1.96. The Morgan fingerprint density at radius 2 is 2.20 bits per heavy atom. The van der Waals surface area contributed by atoms with Gasteiger partial charge in [0.15, 0.2) is 5.43 Å². The van der Waals surface area contributed by atoms with Gasteiger partial charge in [0, 0.05) is 50.2 Å². The van der Waals surface area contributed by atoms with Crippen molar-refractivity contribution in [2.75, 3.05) is 40.3 Å². The fraction of sp³-hybridized carbons (Fsp3) is 0.571. The Morgan fingerprint density at radius 3 is 2.90 bits per heavy atom. The van der Waals surface area contributed by atoms with Gasteiger partial charge in [-0.1, -0.05) is 0 Å². The van der Waals surface area contributed by atoms with Crippen LogP contribution in [0.2, 0.25) is 0 Å². The third-order valence-electron chi connectivity index (χ3n) is 3.78. The van der Waals surface area contributed by atoms with Crippen molar-refractivity contribution in [2.45, 2.75) is 13.0 Å². The summed E-state index contributed by atoms with van der Waals surface area (Å²) >= 11 is 0. The number of likely N-dealkylation sites (N-methyl/N-ethyl adjacent to an activating group) is 2. The smallest absolute Gasteiger partial charge is 0.256 e. The number of amides is 1. The molecule has 1 aliphatic rings. The van der Waals surface area contributed by atoms with Crippen molar-refractivity contribution in [3.05, 3.63) is 33.7 Å². The monoisotopic (exact) mass is 278 g/mol. The zero-order valence-electron chi connectivity index (χ0n) is 12.3. The quantitative estimate of drug-likeness (QED) is 0.794. The van der Waals surface area contributed by atoms with Crippen LogP contribution >= 0.6 is 0 Å². The number of nitrogens with one attached hydrogen (secondary N) is 2. The molecule has 2 rings (SSSR count). The minimum absolute atomic E-state index is 0.169. The number of pyridine rings is 1. The Bertz CT molecular complexity index is 540. The zero-order chi connectivity index (χ0) is 14.7. The highest BCUT2D eigenvalue weighted by Gasteiger charge is 2.22. The van der Waals surface area contributed by atoms with Gasteiger partial charge in [-0.2, -0.15) is 0 Å². The van der Waals surface area contributed by atoms with Crippen LogP contribution in [0.15, 0.2) is 17.1 Å². The lowest BCUT2D eigenvalue weighted by Crippen LogP contribution is -2.54. The molecule has 1 unspecified atom stereocenters. The van der Waals surface area contributed by atoms with Crippen LogP contribution in [0, 0.1) is 6.92 Å². The molecule has 0 aliphatic carbocycles. The molecule has 0 spiro atoms. The standard InChI is InChI=1S/C14H22N4O2/c1-10-6-13(19)12(8-15-10)14(20)16-7-11-9-17(2)4-5-18(11)3/h6,8,11H,4-5,7,9H2,1-3H3,(H,15,19)(H,16,20). The first-order valence-corrected chi connectivity index (χ1v) is 6.83. The van der Waals surface area contributed by atoms with E-state index in [1.54, 1.807) is 6.92 Å². The van der Waals surface area contributed by atoms with Crippen LogP contribution in [-0.4, -0.2) is 67.0 Å². The maximum Gasteiger partial charge on any atom is 0.256 e. The van der Waals surface area contributed by atoms with Gasteiger partial charge in [0.1, 0.15) is 5.56 Å². The van der Waals surface area contributed by atoms with E-state index in [1.807, 2.05) is 0 Å². The Kier molecular flexibility index (Phi) is 4.57. The number of H-pyrrole nitrogens is 1. The van der Waals surface area contributed by atoms with E-state index in [2.05, 4.69) is 34.2 Å². The molecule has 0 aromatic carbocycles. The molecule has 20 heavy (non-hydrogen) atoms. The summed E-state index contributed by atoms with van der Waals surface area (Å²) in [5.41, 5.74) is 0.676. The molecule has 110 valence electrons. The molecule has 2 N–H and O–H groups in total. The maximum absolute atomic E-state index is 12.0. The number of aryl methyl sites for hydroxylation is 1. The van der Waals surface area contributed by atoms with Crippen LogP contribution in [0.3, 0.4) is 0 Å². The molecule has 6 heteroatoms. The van der Waals surface area contributed by atoms with Crippen LogP contribution in [0.5, 0.6) is 0 Å². The van der Waals surface area contributed by atoms with Crippen LogP contribution in [0.4, 0.5) is 0 Å². The first-order valence-electron chi connectivity index (χ1n) is 6.83. The molecule has 1 aromatic rings. The molecule has 1 aliphatic heterocycles. The Hall–Kier alpha value is -1.66. The van der Waals surface area contributed by atoms with Crippen molar-refractivity contribution < 1.29 is 4.79 Å². The number of nitrogens with zero attached hydrogens (tertiary/aromatic N) is 2. The van der Waals surface area contributed by atoms with Crippen LogP contribution in [0.1, 0.15) is 16.1 Å². The first-order chi connectivity index (χ1) is 9.47. The summed E-state index contributed by atoms with van der Waals surface area (Å²) in [5.74, 6) is -0.312. The van der Waals surface area contributed by atoms with Gasteiger partial charge in [-0.3, -0.25) is 14.5 Å². The van der Waals surface area contributed by atoms with Gasteiger partial charge in [0.2, 0.25) is 0 Å². The molecule has 1 fully saturated rings. The molecule has 6 nitrogen and oxygen atoms in total. The first kappa shape index (κ1) is 14.7. The summed E-state index contributed by atoms with van der Waals surface area (Å²) in [6.45, 7) is 5.28. The molecule has 0 bridgehead atoms. The van der Waals surface area contributed by atoms with Crippen LogP contribution in [-0.2, 0) is 0 Å². The third-order valence-corrected chi connectivity index (χ3v) is 3.78. The van der Waals surface area contributed by atoms with E-state index in [1.165, 1.54) is 12.3 Å². The number of carbonyl (C=O) groups is 1. The third kappa shape index (κ3) is 3.46. The van der Waals surface area contributed by atoms with E-state index in [-0.39, 0.29) is 22.9 Å². The maximum atomic E-state index is 12.0. The summed E-state index contributed by atoms with van der Waals surface area (Å²) in [6, 6.07) is 1.72. The van der Waals surface area contributed by atoms with Crippen molar-refractivity contribution in [3.8, 4) is 0 Å². The van der Waals surface area contributed by atoms with Gasteiger partial charge >= 0.3 is 0 Å². The number of piperazine rings is 1. The molecule has 0 radical (unpaired) electrons.